The lowest BCUT2D eigenvalue weighted by Gasteiger charge is -2.25. The van der Waals surface area contributed by atoms with Crippen LogP contribution in [0.3, 0.4) is 0 Å². The van der Waals surface area contributed by atoms with Crippen LogP contribution in [-0.4, -0.2) is 21.6 Å². The van der Waals surface area contributed by atoms with E-state index in [1.165, 1.54) is 36.4 Å². The summed E-state index contributed by atoms with van der Waals surface area (Å²) in [4.78, 5) is 13.2. The fourth-order valence-corrected chi connectivity index (χ4v) is 3.99. The third-order valence-electron chi connectivity index (χ3n) is 5.79. The van der Waals surface area contributed by atoms with Crippen LogP contribution in [0.4, 0.5) is 17.6 Å². The zero-order valence-electron chi connectivity index (χ0n) is 18.2. The van der Waals surface area contributed by atoms with Gasteiger partial charge in [-0.3, -0.25) is 4.79 Å². The van der Waals surface area contributed by atoms with E-state index in [1.807, 2.05) is 35.9 Å². The highest BCUT2D eigenvalue weighted by Crippen LogP contribution is 2.30. The Morgan fingerprint density at radius 3 is 2.29 bits per heavy atom. The number of rotatable bonds is 6. The Labute approximate surface area is 193 Å². The van der Waals surface area contributed by atoms with Gasteiger partial charge in [-0.1, -0.05) is 42.5 Å². The van der Waals surface area contributed by atoms with Crippen molar-refractivity contribution < 1.29 is 27.5 Å². The molecule has 2 unspecified atom stereocenters. The Hall–Kier alpha value is -3.65. The van der Waals surface area contributed by atoms with Crippen molar-refractivity contribution in [3.63, 3.8) is 0 Å². The summed E-state index contributed by atoms with van der Waals surface area (Å²) in [5, 5.41) is 14.6. The summed E-state index contributed by atoms with van der Waals surface area (Å²) in [6.45, 7) is 0. The van der Waals surface area contributed by atoms with E-state index < -0.39 is 35.6 Å². The summed E-state index contributed by atoms with van der Waals surface area (Å²) in [6.07, 6.45) is -3.94. The predicted octanol–water partition coefficient (Wildman–Crippen LogP) is 5.41. The molecule has 4 rings (SSSR count). The number of benzene rings is 3. The maximum atomic E-state index is 13.4. The lowest BCUT2D eigenvalue weighted by atomic mass is 9.95. The number of aliphatic hydroxyl groups excluding tert-OH is 1. The van der Waals surface area contributed by atoms with Gasteiger partial charge in [0.2, 0.25) is 0 Å². The van der Waals surface area contributed by atoms with Crippen LogP contribution in [0.25, 0.3) is 10.9 Å². The molecule has 8 heteroatoms. The number of hydrogen-bond donors (Lipinski definition) is 2. The smallest absolute Gasteiger partial charge is 0.386 e. The molecule has 4 aromatic rings. The van der Waals surface area contributed by atoms with Gasteiger partial charge in [0.25, 0.3) is 5.91 Å². The van der Waals surface area contributed by atoms with E-state index in [0.29, 0.717) is 16.7 Å². The number of aromatic nitrogens is 1. The number of carbonyl (C=O) groups is 1. The van der Waals surface area contributed by atoms with E-state index in [4.69, 9.17) is 0 Å². The number of aryl methyl sites for hydroxylation is 1. The molecule has 1 heterocycles. The van der Waals surface area contributed by atoms with Crippen molar-refractivity contribution in [1.82, 2.24) is 9.88 Å². The van der Waals surface area contributed by atoms with Crippen LogP contribution in [0.5, 0.6) is 0 Å². The van der Waals surface area contributed by atoms with Gasteiger partial charge in [0.15, 0.2) is 0 Å². The third kappa shape index (κ3) is 4.97. The first-order valence-electron chi connectivity index (χ1n) is 10.6. The largest absolute Gasteiger partial charge is 0.416 e. The van der Waals surface area contributed by atoms with Gasteiger partial charge in [0.1, 0.15) is 5.82 Å². The minimum Gasteiger partial charge on any atom is -0.386 e. The van der Waals surface area contributed by atoms with E-state index in [0.717, 1.165) is 23.0 Å². The van der Waals surface area contributed by atoms with Crippen molar-refractivity contribution in [3.8, 4) is 0 Å². The van der Waals surface area contributed by atoms with Gasteiger partial charge in [-0.15, -0.1) is 0 Å². The summed E-state index contributed by atoms with van der Waals surface area (Å²) in [6, 6.07) is 16.2. The second-order valence-corrected chi connectivity index (χ2v) is 8.15. The van der Waals surface area contributed by atoms with Crippen molar-refractivity contribution in [2.24, 2.45) is 7.05 Å². The van der Waals surface area contributed by atoms with Gasteiger partial charge in [0.05, 0.1) is 23.3 Å². The molecule has 34 heavy (non-hydrogen) atoms. The number of hydrogen-bond acceptors (Lipinski definition) is 2. The van der Waals surface area contributed by atoms with Crippen LogP contribution < -0.4 is 5.32 Å². The minimum absolute atomic E-state index is 0.0627. The lowest BCUT2D eigenvalue weighted by molar-refractivity contribution is -0.137. The van der Waals surface area contributed by atoms with Gasteiger partial charge in [0, 0.05) is 24.1 Å². The Morgan fingerprint density at radius 2 is 1.65 bits per heavy atom. The zero-order valence-corrected chi connectivity index (χ0v) is 18.2. The number of halogens is 4. The van der Waals surface area contributed by atoms with E-state index >= 15 is 0 Å². The molecule has 1 aromatic heterocycles. The third-order valence-corrected chi connectivity index (χ3v) is 5.79. The Balaban J connectivity index is 1.64. The van der Waals surface area contributed by atoms with E-state index in [-0.39, 0.29) is 6.42 Å². The molecule has 0 aliphatic rings. The van der Waals surface area contributed by atoms with Crippen molar-refractivity contribution >= 4 is 16.8 Å². The van der Waals surface area contributed by atoms with Crippen LogP contribution >= 0.6 is 0 Å². The van der Waals surface area contributed by atoms with Crippen LogP contribution in [0.2, 0.25) is 0 Å². The second kappa shape index (κ2) is 9.30. The monoisotopic (exact) mass is 470 g/mol. The first-order chi connectivity index (χ1) is 16.1. The van der Waals surface area contributed by atoms with Crippen LogP contribution in [0.1, 0.15) is 33.2 Å². The van der Waals surface area contributed by atoms with E-state index in [9.17, 15) is 27.5 Å². The number of alkyl halides is 3. The number of nitrogens with zero attached hydrogens (tertiary/aromatic N) is 1. The van der Waals surface area contributed by atoms with Gasteiger partial charge in [-0.05, 0) is 47.9 Å². The molecule has 2 N–H and O–H groups in total. The quantitative estimate of drug-likeness (QED) is 0.370. The molecule has 0 saturated heterocycles. The minimum atomic E-state index is -4.46. The Bertz CT molecular complexity index is 1300. The molecule has 1 amide bonds. The maximum Gasteiger partial charge on any atom is 0.416 e. The van der Waals surface area contributed by atoms with E-state index in [2.05, 4.69) is 5.32 Å². The summed E-state index contributed by atoms with van der Waals surface area (Å²) < 4.78 is 54.0. The standard InChI is InChI=1S/C26H22F4N2O2/c1-32-15-21(20-4-2-3-5-23(20)32)25(34)31-22(24(33)17-8-12-19(27)13-9-17)14-16-6-10-18(11-7-16)26(28,29)30/h2-13,15,22,24,33H,14H2,1H3,(H,31,34). The van der Waals surface area contributed by atoms with Crippen molar-refractivity contribution in [2.45, 2.75) is 24.7 Å². The number of carbonyl (C=O) groups excluding carboxylic acids is 1. The fourth-order valence-electron chi connectivity index (χ4n) is 3.99. The summed E-state index contributed by atoms with van der Waals surface area (Å²) >= 11 is 0. The Kier molecular flexibility index (Phi) is 6.43. The molecule has 0 radical (unpaired) electrons. The topological polar surface area (TPSA) is 54.3 Å². The highest BCUT2D eigenvalue weighted by atomic mass is 19.4. The normalized spacial score (nSPS) is 13.6. The Morgan fingerprint density at radius 1 is 1.00 bits per heavy atom. The highest BCUT2D eigenvalue weighted by Gasteiger charge is 2.30. The molecule has 0 spiro atoms. The van der Waals surface area contributed by atoms with Gasteiger partial charge >= 0.3 is 6.18 Å². The molecule has 0 aliphatic heterocycles. The molecule has 3 aromatic carbocycles. The lowest BCUT2D eigenvalue weighted by Crippen LogP contribution is -2.41. The van der Waals surface area contributed by atoms with E-state index in [1.54, 1.807) is 6.20 Å². The average molecular weight is 470 g/mol. The highest BCUT2D eigenvalue weighted by molar-refractivity contribution is 6.07. The maximum absolute atomic E-state index is 13.4. The number of amides is 1. The second-order valence-electron chi connectivity index (χ2n) is 8.15. The molecule has 176 valence electrons. The number of nitrogens with one attached hydrogen (secondary N) is 1. The molecular formula is C26H22F4N2O2. The molecule has 4 nitrogen and oxygen atoms in total. The fraction of sp³-hybridized carbons (Fsp3) is 0.192. The van der Waals surface area contributed by atoms with Crippen molar-refractivity contribution in [3.05, 3.63) is 107 Å². The summed E-state index contributed by atoms with van der Waals surface area (Å²) in [5.74, 6) is -0.912. The molecule has 0 fully saturated rings. The van der Waals surface area contributed by atoms with Crippen molar-refractivity contribution in [2.75, 3.05) is 0 Å². The number of fused-ring (bicyclic) bond motifs is 1. The molecule has 2 atom stereocenters. The number of aliphatic hydroxyl groups is 1. The summed E-state index contributed by atoms with van der Waals surface area (Å²) in [7, 11) is 1.81. The molecule has 0 aliphatic carbocycles. The first-order valence-corrected chi connectivity index (χ1v) is 10.6. The zero-order chi connectivity index (χ0) is 24.5. The summed E-state index contributed by atoms with van der Waals surface area (Å²) in [5.41, 5.74) is 1.34. The van der Waals surface area contributed by atoms with Crippen LogP contribution in [-0.2, 0) is 19.6 Å². The van der Waals surface area contributed by atoms with Gasteiger partial charge < -0.3 is 15.0 Å². The van der Waals surface area contributed by atoms with Crippen molar-refractivity contribution in [1.29, 1.82) is 0 Å². The number of para-hydroxylation sites is 1. The van der Waals surface area contributed by atoms with Gasteiger partial charge in [-0.2, -0.15) is 13.2 Å². The molecule has 0 saturated carbocycles. The SMILES string of the molecule is Cn1cc(C(=O)NC(Cc2ccc(C(F)(F)F)cc2)C(O)c2ccc(F)cc2)c2ccccc21. The molecular weight excluding hydrogens is 448 g/mol. The van der Waals surface area contributed by atoms with Crippen LogP contribution in [0.15, 0.2) is 79.0 Å². The van der Waals surface area contributed by atoms with Gasteiger partial charge in [-0.25, -0.2) is 4.39 Å². The molecule has 0 bridgehead atoms. The predicted molar refractivity (Wildman–Crippen MR) is 121 cm³/mol. The first kappa shape index (κ1) is 23.5. The average Bonchev–Trinajstić information content (AvgIpc) is 3.15. The van der Waals surface area contributed by atoms with Crippen LogP contribution in [0, 0.1) is 5.82 Å².